The van der Waals surface area contributed by atoms with E-state index in [-0.39, 0.29) is 11.9 Å². The first-order chi connectivity index (χ1) is 9.72. The molecule has 1 aliphatic rings. The van der Waals surface area contributed by atoms with Crippen LogP contribution in [0, 0.1) is 5.92 Å². The molecule has 4 heteroatoms. The molecule has 4 nitrogen and oxygen atoms in total. The zero-order valence-corrected chi connectivity index (χ0v) is 12.3. The zero-order chi connectivity index (χ0) is 14.4. The summed E-state index contributed by atoms with van der Waals surface area (Å²) in [5.74, 6) is 0.513. The highest BCUT2D eigenvalue weighted by atomic mass is 16.5. The van der Waals surface area contributed by atoms with Crippen LogP contribution in [0.5, 0.6) is 0 Å². The van der Waals surface area contributed by atoms with Crippen LogP contribution in [0.4, 0.5) is 5.69 Å². The van der Waals surface area contributed by atoms with Crippen LogP contribution >= 0.6 is 0 Å². The predicted molar refractivity (Wildman–Crippen MR) is 81.1 cm³/mol. The molecule has 1 saturated heterocycles. The number of anilines is 1. The largest absolute Gasteiger partial charge is 0.385 e. The van der Waals surface area contributed by atoms with Crippen molar-refractivity contribution in [1.29, 1.82) is 0 Å². The number of hydrogen-bond donors (Lipinski definition) is 2. The Hall–Kier alpha value is -1.55. The number of rotatable bonds is 5. The van der Waals surface area contributed by atoms with Crippen molar-refractivity contribution < 1.29 is 9.53 Å². The lowest BCUT2D eigenvalue weighted by Gasteiger charge is -2.28. The fourth-order valence-electron chi connectivity index (χ4n) is 2.64. The average Bonchev–Trinajstić information content (AvgIpc) is 2.49. The van der Waals surface area contributed by atoms with Crippen LogP contribution in [0.25, 0.3) is 0 Å². The van der Waals surface area contributed by atoms with E-state index >= 15 is 0 Å². The summed E-state index contributed by atoms with van der Waals surface area (Å²) < 4.78 is 5.37. The van der Waals surface area contributed by atoms with E-state index in [4.69, 9.17) is 4.74 Å². The summed E-state index contributed by atoms with van der Waals surface area (Å²) in [6.45, 7) is 6.53. The number of benzene rings is 1. The zero-order valence-electron chi connectivity index (χ0n) is 12.3. The monoisotopic (exact) mass is 276 g/mol. The van der Waals surface area contributed by atoms with Gasteiger partial charge in [0.1, 0.15) is 0 Å². The van der Waals surface area contributed by atoms with Crippen molar-refractivity contribution in [2.75, 3.05) is 25.1 Å². The van der Waals surface area contributed by atoms with Gasteiger partial charge in [-0.25, -0.2) is 0 Å². The SMILES string of the molecule is CCNc1ccccc1C(=O)NC(C)C1CCOCC1. The molecule has 0 spiro atoms. The summed E-state index contributed by atoms with van der Waals surface area (Å²) >= 11 is 0. The molecule has 1 heterocycles. The number of para-hydroxylation sites is 1. The standard InChI is InChI=1S/C16H24N2O2/c1-3-17-15-7-5-4-6-14(15)16(19)18-12(2)13-8-10-20-11-9-13/h4-7,12-13,17H,3,8-11H2,1-2H3,(H,18,19). The fourth-order valence-corrected chi connectivity index (χ4v) is 2.64. The third kappa shape index (κ3) is 3.73. The molecule has 1 aromatic rings. The molecule has 0 aliphatic carbocycles. The highest BCUT2D eigenvalue weighted by Crippen LogP contribution is 2.20. The number of hydrogen-bond acceptors (Lipinski definition) is 3. The summed E-state index contributed by atoms with van der Waals surface area (Å²) in [5, 5.41) is 6.36. The van der Waals surface area contributed by atoms with Gasteiger partial charge in [-0.05, 0) is 44.7 Å². The summed E-state index contributed by atoms with van der Waals surface area (Å²) in [7, 11) is 0. The van der Waals surface area contributed by atoms with E-state index in [0.29, 0.717) is 11.5 Å². The lowest BCUT2D eigenvalue weighted by atomic mass is 9.92. The second-order valence-corrected chi connectivity index (χ2v) is 5.29. The molecule has 0 aromatic heterocycles. The minimum absolute atomic E-state index is 0.000502. The number of nitrogens with one attached hydrogen (secondary N) is 2. The van der Waals surface area contributed by atoms with E-state index in [0.717, 1.165) is 38.3 Å². The molecule has 1 atom stereocenters. The third-order valence-corrected chi connectivity index (χ3v) is 3.87. The topological polar surface area (TPSA) is 50.4 Å². The Labute approximate surface area is 120 Å². The summed E-state index contributed by atoms with van der Waals surface area (Å²) in [5.41, 5.74) is 1.61. The van der Waals surface area contributed by atoms with Crippen LogP contribution in [0.15, 0.2) is 24.3 Å². The third-order valence-electron chi connectivity index (χ3n) is 3.87. The summed E-state index contributed by atoms with van der Waals surface area (Å²) in [6.07, 6.45) is 2.05. The van der Waals surface area contributed by atoms with Gasteiger partial charge in [0.05, 0.1) is 5.56 Å². The molecular formula is C16H24N2O2. The minimum Gasteiger partial charge on any atom is -0.385 e. The van der Waals surface area contributed by atoms with Gasteiger partial charge < -0.3 is 15.4 Å². The summed E-state index contributed by atoms with van der Waals surface area (Å²) in [6, 6.07) is 7.83. The van der Waals surface area contributed by atoms with E-state index in [2.05, 4.69) is 17.6 Å². The van der Waals surface area contributed by atoms with Crippen molar-refractivity contribution in [1.82, 2.24) is 5.32 Å². The maximum Gasteiger partial charge on any atom is 0.253 e. The Morgan fingerprint density at radius 3 is 2.75 bits per heavy atom. The lowest BCUT2D eigenvalue weighted by Crippen LogP contribution is -2.40. The number of ether oxygens (including phenoxy) is 1. The van der Waals surface area contributed by atoms with Crippen LogP contribution in [0.2, 0.25) is 0 Å². The van der Waals surface area contributed by atoms with Crippen molar-refractivity contribution >= 4 is 11.6 Å². The lowest BCUT2D eigenvalue weighted by molar-refractivity contribution is 0.0538. The normalized spacial score (nSPS) is 17.5. The molecule has 110 valence electrons. The number of carbonyl (C=O) groups is 1. The van der Waals surface area contributed by atoms with Gasteiger partial charge in [-0.2, -0.15) is 0 Å². The Morgan fingerprint density at radius 1 is 1.35 bits per heavy atom. The van der Waals surface area contributed by atoms with E-state index < -0.39 is 0 Å². The van der Waals surface area contributed by atoms with Crippen LogP contribution in [0.1, 0.15) is 37.0 Å². The van der Waals surface area contributed by atoms with Gasteiger partial charge in [0, 0.05) is 31.5 Å². The molecule has 2 N–H and O–H groups in total. The minimum atomic E-state index is 0.000502. The Kier molecular flexibility index (Phi) is 5.41. The van der Waals surface area contributed by atoms with E-state index in [1.54, 1.807) is 0 Å². The smallest absolute Gasteiger partial charge is 0.253 e. The van der Waals surface area contributed by atoms with Crippen molar-refractivity contribution in [2.45, 2.75) is 32.7 Å². The molecular weight excluding hydrogens is 252 g/mol. The number of amides is 1. The maximum absolute atomic E-state index is 12.4. The molecule has 1 aliphatic heterocycles. The second-order valence-electron chi connectivity index (χ2n) is 5.29. The predicted octanol–water partition coefficient (Wildman–Crippen LogP) is 2.66. The highest BCUT2D eigenvalue weighted by molar-refractivity contribution is 5.99. The molecule has 1 aromatic carbocycles. The van der Waals surface area contributed by atoms with Gasteiger partial charge in [-0.15, -0.1) is 0 Å². The van der Waals surface area contributed by atoms with Gasteiger partial charge in [-0.1, -0.05) is 12.1 Å². The average molecular weight is 276 g/mol. The van der Waals surface area contributed by atoms with Crippen molar-refractivity contribution in [3.8, 4) is 0 Å². The van der Waals surface area contributed by atoms with Crippen molar-refractivity contribution in [3.05, 3.63) is 29.8 Å². The van der Waals surface area contributed by atoms with Gasteiger partial charge in [0.15, 0.2) is 0 Å². The molecule has 1 unspecified atom stereocenters. The van der Waals surface area contributed by atoms with Gasteiger partial charge in [-0.3, -0.25) is 4.79 Å². The Balaban J connectivity index is 2.00. The molecule has 2 rings (SSSR count). The first-order valence-electron chi connectivity index (χ1n) is 7.44. The van der Waals surface area contributed by atoms with Crippen LogP contribution in [0.3, 0.4) is 0 Å². The van der Waals surface area contributed by atoms with Crippen LogP contribution in [-0.2, 0) is 4.74 Å². The fraction of sp³-hybridized carbons (Fsp3) is 0.562. The highest BCUT2D eigenvalue weighted by Gasteiger charge is 2.22. The summed E-state index contributed by atoms with van der Waals surface area (Å²) in [4.78, 5) is 12.4. The van der Waals surface area contributed by atoms with Crippen LogP contribution < -0.4 is 10.6 Å². The Bertz CT molecular complexity index is 442. The molecule has 1 fully saturated rings. The van der Waals surface area contributed by atoms with E-state index in [1.165, 1.54) is 0 Å². The van der Waals surface area contributed by atoms with Gasteiger partial charge in [0.2, 0.25) is 0 Å². The first kappa shape index (κ1) is 14.9. The molecule has 20 heavy (non-hydrogen) atoms. The van der Waals surface area contributed by atoms with Crippen molar-refractivity contribution in [2.24, 2.45) is 5.92 Å². The van der Waals surface area contributed by atoms with Gasteiger partial charge >= 0.3 is 0 Å². The second kappa shape index (κ2) is 7.29. The molecule has 0 bridgehead atoms. The Morgan fingerprint density at radius 2 is 2.05 bits per heavy atom. The first-order valence-corrected chi connectivity index (χ1v) is 7.44. The van der Waals surface area contributed by atoms with E-state index in [1.807, 2.05) is 31.2 Å². The molecule has 1 amide bonds. The van der Waals surface area contributed by atoms with Crippen LogP contribution in [-0.4, -0.2) is 31.7 Å². The number of carbonyl (C=O) groups excluding carboxylic acids is 1. The molecule has 0 radical (unpaired) electrons. The van der Waals surface area contributed by atoms with Gasteiger partial charge in [0.25, 0.3) is 5.91 Å². The van der Waals surface area contributed by atoms with E-state index in [9.17, 15) is 4.79 Å². The molecule has 0 saturated carbocycles. The quantitative estimate of drug-likeness (QED) is 0.869. The van der Waals surface area contributed by atoms with Crippen molar-refractivity contribution in [3.63, 3.8) is 0 Å². The maximum atomic E-state index is 12.4.